The molecule has 144 valence electrons. The molecular weight excluding hydrogens is 352 g/mol. The zero-order valence-corrected chi connectivity index (χ0v) is 16.3. The van der Waals surface area contributed by atoms with Crippen molar-refractivity contribution in [3.05, 3.63) is 93.4 Å². The molecule has 2 aromatic heterocycles. The van der Waals surface area contributed by atoms with Crippen LogP contribution in [0.5, 0.6) is 0 Å². The van der Waals surface area contributed by atoms with Gasteiger partial charge in [0.15, 0.2) is 0 Å². The summed E-state index contributed by atoms with van der Waals surface area (Å²) in [4.78, 5) is 32.8. The predicted octanol–water partition coefficient (Wildman–Crippen LogP) is 2.86. The van der Waals surface area contributed by atoms with Gasteiger partial charge in [-0.1, -0.05) is 29.8 Å². The van der Waals surface area contributed by atoms with Gasteiger partial charge >= 0.3 is 5.69 Å². The summed E-state index contributed by atoms with van der Waals surface area (Å²) in [6.45, 7) is 5.95. The molecule has 3 rings (SSSR count). The van der Waals surface area contributed by atoms with Crippen molar-refractivity contribution < 1.29 is 4.79 Å². The van der Waals surface area contributed by atoms with Crippen LogP contribution in [0.4, 0.5) is 0 Å². The molecule has 1 N–H and O–H groups in total. The Morgan fingerprint density at radius 2 is 1.68 bits per heavy atom. The van der Waals surface area contributed by atoms with Gasteiger partial charge in [-0.15, -0.1) is 0 Å². The summed E-state index contributed by atoms with van der Waals surface area (Å²) in [5.41, 5.74) is 4.27. The number of aryl methyl sites for hydroxylation is 3. The van der Waals surface area contributed by atoms with Gasteiger partial charge in [0.1, 0.15) is 0 Å². The van der Waals surface area contributed by atoms with Gasteiger partial charge in [-0.3, -0.25) is 14.3 Å². The molecule has 0 fully saturated rings. The Bertz CT molecular complexity index is 1010. The summed E-state index contributed by atoms with van der Waals surface area (Å²) in [6, 6.07) is 13.4. The van der Waals surface area contributed by atoms with Crippen molar-refractivity contribution in [3.63, 3.8) is 0 Å². The van der Waals surface area contributed by atoms with Gasteiger partial charge in [0.25, 0.3) is 0 Å². The van der Waals surface area contributed by atoms with Crippen LogP contribution < -0.4 is 11.0 Å². The third-order valence-electron chi connectivity index (χ3n) is 4.66. The summed E-state index contributed by atoms with van der Waals surface area (Å²) in [5.74, 6) is -0.130. The van der Waals surface area contributed by atoms with Crippen molar-refractivity contribution in [2.24, 2.45) is 0 Å². The molecule has 0 bridgehead atoms. The SMILES string of the molecule is Cc1ccc(C(NC(=O)CCn2c(C)cc(C)nc2=O)c2ccncc2)cc1. The lowest BCUT2D eigenvalue weighted by atomic mass is 9.98. The minimum atomic E-state index is -0.325. The molecule has 2 heterocycles. The van der Waals surface area contributed by atoms with Crippen LogP contribution in [0.1, 0.15) is 40.5 Å². The molecule has 0 aliphatic heterocycles. The monoisotopic (exact) mass is 376 g/mol. The fourth-order valence-corrected chi connectivity index (χ4v) is 3.17. The van der Waals surface area contributed by atoms with Gasteiger partial charge in [0.05, 0.1) is 6.04 Å². The molecule has 6 heteroatoms. The molecule has 0 radical (unpaired) electrons. The largest absolute Gasteiger partial charge is 0.347 e. The lowest BCUT2D eigenvalue weighted by Gasteiger charge is -2.20. The molecule has 1 unspecified atom stereocenters. The lowest BCUT2D eigenvalue weighted by molar-refractivity contribution is -0.121. The second-order valence-corrected chi connectivity index (χ2v) is 6.91. The zero-order valence-electron chi connectivity index (χ0n) is 16.3. The van der Waals surface area contributed by atoms with Gasteiger partial charge < -0.3 is 5.32 Å². The second-order valence-electron chi connectivity index (χ2n) is 6.91. The Hall–Kier alpha value is -3.28. The number of rotatable bonds is 6. The fraction of sp³-hybridized carbons (Fsp3) is 0.273. The summed E-state index contributed by atoms with van der Waals surface area (Å²) in [7, 11) is 0. The average molecular weight is 376 g/mol. The van der Waals surface area contributed by atoms with Crippen LogP contribution in [0.3, 0.4) is 0 Å². The molecule has 0 saturated heterocycles. The van der Waals surface area contributed by atoms with Crippen molar-refractivity contribution in [2.75, 3.05) is 0 Å². The van der Waals surface area contributed by atoms with Crippen molar-refractivity contribution in [1.29, 1.82) is 0 Å². The number of aromatic nitrogens is 3. The smallest absolute Gasteiger partial charge is 0.345 e. The third-order valence-corrected chi connectivity index (χ3v) is 4.66. The van der Waals surface area contributed by atoms with E-state index in [1.807, 2.05) is 56.3 Å². The highest BCUT2D eigenvalue weighted by Crippen LogP contribution is 2.22. The molecule has 3 aromatic rings. The van der Waals surface area contributed by atoms with Crippen molar-refractivity contribution >= 4 is 5.91 Å². The van der Waals surface area contributed by atoms with Crippen LogP contribution in [0.25, 0.3) is 0 Å². The van der Waals surface area contributed by atoms with Crippen molar-refractivity contribution in [3.8, 4) is 0 Å². The highest BCUT2D eigenvalue weighted by Gasteiger charge is 2.17. The summed E-state index contributed by atoms with van der Waals surface area (Å²) in [5, 5.41) is 3.09. The van der Waals surface area contributed by atoms with E-state index in [1.165, 1.54) is 4.57 Å². The second kappa shape index (κ2) is 8.61. The molecule has 1 amide bonds. The minimum Gasteiger partial charge on any atom is -0.345 e. The summed E-state index contributed by atoms with van der Waals surface area (Å²) >= 11 is 0. The molecule has 6 nitrogen and oxygen atoms in total. The van der Waals surface area contributed by atoms with Crippen LogP contribution in [-0.4, -0.2) is 20.4 Å². The Labute approximate surface area is 164 Å². The van der Waals surface area contributed by atoms with Gasteiger partial charge in [-0.05, 0) is 50.1 Å². The topological polar surface area (TPSA) is 76.9 Å². The number of carbonyl (C=O) groups is 1. The normalized spacial score (nSPS) is 11.8. The molecule has 1 aromatic carbocycles. The molecule has 28 heavy (non-hydrogen) atoms. The number of amides is 1. The van der Waals surface area contributed by atoms with Crippen LogP contribution in [-0.2, 0) is 11.3 Å². The Morgan fingerprint density at radius 3 is 2.32 bits per heavy atom. The highest BCUT2D eigenvalue weighted by molar-refractivity contribution is 5.77. The summed E-state index contributed by atoms with van der Waals surface area (Å²) in [6.07, 6.45) is 3.62. The first kappa shape index (κ1) is 19.5. The third kappa shape index (κ3) is 4.71. The van der Waals surface area contributed by atoms with E-state index in [4.69, 9.17) is 0 Å². The van der Waals surface area contributed by atoms with Crippen LogP contribution >= 0.6 is 0 Å². The molecular formula is C22H24N4O2. The van der Waals surface area contributed by atoms with E-state index in [9.17, 15) is 9.59 Å². The molecule has 0 aliphatic carbocycles. The van der Waals surface area contributed by atoms with Crippen LogP contribution in [0.15, 0.2) is 59.7 Å². The molecule has 1 atom stereocenters. The van der Waals surface area contributed by atoms with Gasteiger partial charge in [-0.25, -0.2) is 4.79 Å². The van der Waals surface area contributed by atoms with E-state index in [0.29, 0.717) is 12.2 Å². The van der Waals surface area contributed by atoms with Crippen LogP contribution in [0.2, 0.25) is 0 Å². The van der Waals surface area contributed by atoms with Gasteiger partial charge in [-0.2, -0.15) is 4.98 Å². The van der Waals surface area contributed by atoms with E-state index >= 15 is 0 Å². The number of hydrogen-bond donors (Lipinski definition) is 1. The Balaban J connectivity index is 1.77. The van der Waals surface area contributed by atoms with E-state index in [0.717, 1.165) is 22.4 Å². The van der Waals surface area contributed by atoms with Gasteiger partial charge in [0, 0.05) is 36.7 Å². The van der Waals surface area contributed by atoms with Crippen LogP contribution in [0, 0.1) is 20.8 Å². The number of pyridine rings is 1. The fourth-order valence-electron chi connectivity index (χ4n) is 3.17. The Kier molecular flexibility index (Phi) is 5.99. The maximum absolute atomic E-state index is 12.7. The average Bonchev–Trinajstić information content (AvgIpc) is 2.67. The maximum Gasteiger partial charge on any atom is 0.347 e. The van der Waals surface area contributed by atoms with E-state index in [2.05, 4.69) is 15.3 Å². The number of benzene rings is 1. The number of nitrogens with zero attached hydrogens (tertiary/aromatic N) is 3. The first-order chi connectivity index (χ1) is 13.4. The number of nitrogens with one attached hydrogen (secondary N) is 1. The first-order valence-electron chi connectivity index (χ1n) is 9.25. The van der Waals surface area contributed by atoms with E-state index < -0.39 is 0 Å². The highest BCUT2D eigenvalue weighted by atomic mass is 16.2. The first-order valence-corrected chi connectivity index (χ1v) is 9.25. The molecule has 0 aliphatic rings. The quantitative estimate of drug-likeness (QED) is 0.718. The molecule has 0 spiro atoms. The minimum absolute atomic E-state index is 0.130. The maximum atomic E-state index is 12.7. The standard InChI is InChI=1S/C22H24N4O2/c1-15-4-6-18(7-5-15)21(19-8-11-23-12-9-19)25-20(27)10-13-26-17(3)14-16(2)24-22(26)28/h4-9,11-12,14,21H,10,13H2,1-3H3,(H,25,27). The molecule has 0 saturated carbocycles. The van der Waals surface area contributed by atoms with Gasteiger partial charge in [0.2, 0.25) is 5.91 Å². The number of hydrogen-bond acceptors (Lipinski definition) is 4. The summed E-state index contributed by atoms with van der Waals surface area (Å²) < 4.78 is 1.53. The Morgan fingerprint density at radius 1 is 1.04 bits per heavy atom. The number of carbonyl (C=O) groups excluding carboxylic acids is 1. The predicted molar refractivity (Wildman–Crippen MR) is 108 cm³/mol. The van der Waals surface area contributed by atoms with E-state index in [1.54, 1.807) is 19.3 Å². The van der Waals surface area contributed by atoms with Crippen molar-refractivity contribution in [1.82, 2.24) is 19.9 Å². The lowest BCUT2D eigenvalue weighted by Crippen LogP contribution is -2.32. The van der Waals surface area contributed by atoms with E-state index in [-0.39, 0.29) is 24.1 Å². The zero-order chi connectivity index (χ0) is 20.1. The van der Waals surface area contributed by atoms with Crippen molar-refractivity contribution in [2.45, 2.75) is 39.8 Å².